The molecule has 0 radical (unpaired) electrons. The number of rotatable bonds is 6. The molecule has 2 amide bonds. The molecular formula is C19H24ClN3O. The first-order valence-corrected chi connectivity index (χ1v) is 8.51. The van der Waals surface area contributed by atoms with Crippen LogP contribution in [0.3, 0.4) is 0 Å². The molecule has 0 saturated carbocycles. The van der Waals surface area contributed by atoms with Crippen LogP contribution in [0.2, 0.25) is 5.02 Å². The third-order valence-corrected chi connectivity index (χ3v) is 4.19. The highest BCUT2D eigenvalue weighted by Gasteiger charge is 2.15. The van der Waals surface area contributed by atoms with Gasteiger partial charge in [0.05, 0.1) is 0 Å². The van der Waals surface area contributed by atoms with Crippen molar-refractivity contribution in [3.05, 3.63) is 64.4 Å². The molecule has 1 N–H and O–H groups in total. The van der Waals surface area contributed by atoms with Crippen molar-refractivity contribution in [2.24, 2.45) is 5.92 Å². The lowest BCUT2D eigenvalue weighted by Gasteiger charge is -2.25. The zero-order chi connectivity index (χ0) is 17.5. The van der Waals surface area contributed by atoms with E-state index in [4.69, 9.17) is 11.6 Å². The van der Waals surface area contributed by atoms with E-state index >= 15 is 0 Å². The van der Waals surface area contributed by atoms with E-state index in [1.165, 1.54) is 0 Å². The molecule has 4 nitrogen and oxygen atoms in total. The number of benzene rings is 1. The smallest absolute Gasteiger partial charge is 0.317 e. The number of aromatic nitrogens is 1. The van der Waals surface area contributed by atoms with Gasteiger partial charge in [0.1, 0.15) is 0 Å². The molecule has 1 aromatic heterocycles. The molecule has 0 fully saturated rings. The molecule has 5 heteroatoms. The van der Waals surface area contributed by atoms with E-state index in [0.29, 0.717) is 25.6 Å². The van der Waals surface area contributed by atoms with E-state index in [9.17, 15) is 4.79 Å². The first-order valence-electron chi connectivity index (χ1n) is 8.13. The van der Waals surface area contributed by atoms with Crippen molar-refractivity contribution in [2.75, 3.05) is 6.54 Å². The average molecular weight is 346 g/mol. The van der Waals surface area contributed by atoms with Crippen LogP contribution >= 0.6 is 11.6 Å². The van der Waals surface area contributed by atoms with E-state index < -0.39 is 0 Å². The normalized spacial score (nSPS) is 10.7. The zero-order valence-electron chi connectivity index (χ0n) is 14.4. The van der Waals surface area contributed by atoms with Crippen LogP contribution in [-0.4, -0.2) is 22.5 Å². The number of carbonyl (C=O) groups excluding carboxylic acids is 1. The molecule has 0 saturated heterocycles. The number of hydrogen-bond donors (Lipinski definition) is 1. The van der Waals surface area contributed by atoms with Crippen LogP contribution in [0.4, 0.5) is 4.79 Å². The van der Waals surface area contributed by atoms with Gasteiger partial charge in [-0.2, -0.15) is 0 Å². The molecule has 0 bridgehead atoms. The average Bonchev–Trinajstić information content (AvgIpc) is 2.56. The Bertz CT molecular complexity index is 674. The van der Waals surface area contributed by atoms with Crippen molar-refractivity contribution >= 4 is 17.6 Å². The van der Waals surface area contributed by atoms with Crippen LogP contribution in [0.25, 0.3) is 0 Å². The third kappa shape index (κ3) is 5.24. The Labute approximate surface area is 148 Å². The summed E-state index contributed by atoms with van der Waals surface area (Å²) in [6, 6.07) is 9.53. The standard InChI is InChI=1S/C19H24ClN3O/c1-14(2)12-23(13-16-6-5-9-21-10-16)19(24)22-11-17-7-4-8-18(20)15(17)3/h4-10,14H,11-13H2,1-3H3,(H,22,24). The number of hydrogen-bond acceptors (Lipinski definition) is 2. The van der Waals surface area contributed by atoms with Gasteiger partial charge in [0, 0.05) is 37.1 Å². The number of amides is 2. The molecule has 0 unspecified atom stereocenters. The second kappa shape index (κ2) is 8.69. The number of urea groups is 1. The summed E-state index contributed by atoms with van der Waals surface area (Å²) in [6.45, 7) is 7.87. The minimum atomic E-state index is -0.0769. The SMILES string of the molecule is Cc1c(Cl)cccc1CNC(=O)N(Cc1cccnc1)CC(C)C. The maximum absolute atomic E-state index is 12.6. The van der Waals surface area contributed by atoms with E-state index in [-0.39, 0.29) is 6.03 Å². The van der Waals surface area contributed by atoms with Gasteiger partial charge in [-0.3, -0.25) is 4.98 Å². The molecule has 0 spiro atoms. The first-order chi connectivity index (χ1) is 11.5. The van der Waals surface area contributed by atoms with Crippen molar-refractivity contribution in [1.29, 1.82) is 0 Å². The van der Waals surface area contributed by atoms with Crippen LogP contribution in [0.1, 0.15) is 30.5 Å². The summed E-state index contributed by atoms with van der Waals surface area (Å²) in [7, 11) is 0. The fourth-order valence-electron chi connectivity index (χ4n) is 2.50. The minimum absolute atomic E-state index is 0.0769. The van der Waals surface area contributed by atoms with Gasteiger partial charge in [-0.05, 0) is 41.7 Å². The monoisotopic (exact) mass is 345 g/mol. The van der Waals surface area contributed by atoms with Gasteiger partial charge in [-0.25, -0.2) is 4.79 Å². The number of pyridine rings is 1. The maximum atomic E-state index is 12.6. The van der Waals surface area contributed by atoms with Gasteiger partial charge >= 0.3 is 6.03 Å². The molecule has 128 valence electrons. The van der Waals surface area contributed by atoms with Crippen LogP contribution in [0.15, 0.2) is 42.7 Å². The van der Waals surface area contributed by atoms with Gasteiger partial charge in [0.15, 0.2) is 0 Å². The van der Waals surface area contributed by atoms with Crippen LogP contribution < -0.4 is 5.32 Å². The summed E-state index contributed by atoms with van der Waals surface area (Å²) < 4.78 is 0. The van der Waals surface area contributed by atoms with Gasteiger partial charge in [-0.15, -0.1) is 0 Å². The number of nitrogens with one attached hydrogen (secondary N) is 1. The fourth-order valence-corrected chi connectivity index (χ4v) is 2.69. The maximum Gasteiger partial charge on any atom is 0.317 e. The van der Waals surface area contributed by atoms with E-state index in [0.717, 1.165) is 21.7 Å². The Balaban J connectivity index is 2.03. The first kappa shape index (κ1) is 18.3. The van der Waals surface area contributed by atoms with Gasteiger partial charge in [0.2, 0.25) is 0 Å². The molecule has 1 aromatic carbocycles. The third-order valence-electron chi connectivity index (χ3n) is 3.78. The largest absolute Gasteiger partial charge is 0.334 e. The van der Waals surface area contributed by atoms with Crippen LogP contribution in [0, 0.1) is 12.8 Å². The van der Waals surface area contributed by atoms with Gasteiger partial charge in [-0.1, -0.05) is 43.6 Å². The fraction of sp³-hybridized carbons (Fsp3) is 0.368. The van der Waals surface area contributed by atoms with Crippen molar-refractivity contribution in [3.63, 3.8) is 0 Å². The lowest BCUT2D eigenvalue weighted by molar-refractivity contribution is 0.187. The molecule has 2 rings (SSSR count). The zero-order valence-corrected chi connectivity index (χ0v) is 15.2. The second-order valence-electron chi connectivity index (χ2n) is 6.32. The minimum Gasteiger partial charge on any atom is -0.334 e. The van der Waals surface area contributed by atoms with Crippen molar-refractivity contribution < 1.29 is 4.79 Å². The summed E-state index contributed by atoms with van der Waals surface area (Å²) in [5.74, 6) is 0.389. The predicted octanol–water partition coefficient (Wildman–Crippen LogP) is 4.41. The van der Waals surface area contributed by atoms with Crippen LogP contribution in [-0.2, 0) is 13.1 Å². The van der Waals surface area contributed by atoms with E-state index in [2.05, 4.69) is 24.1 Å². The lowest BCUT2D eigenvalue weighted by atomic mass is 10.1. The molecule has 24 heavy (non-hydrogen) atoms. The summed E-state index contributed by atoms with van der Waals surface area (Å²) in [6.07, 6.45) is 3.53. The van der Waals surface area contributed by atoms with Crippen LogP contribution in [0.5, 0.6) is 0 Å². The molecular weight excluding hydrogens is 322 g/mol. The van der Waals surface area contributed by atoms with Crippen molar-refractivity contribution in [1.82, 2.24) is 15.2 Å². The Kier molecular flexibility index (Phi) is 6.62. The topological polar surface area (TPSA) is 45.2 Å². The summed E-state index contributed by atoms with van der Waals surface area (Å²) >= 11 is 6.14. The highest BCUT2D eigenvalue weighted by atomic mass is 35.5. The number of halogens is 1. The van der Waals surface area contributed by atoms with E-state index in [1.54, 1.807) is 12.4 Å². The summed E-state index contributed by atoms with van der Waals surface area (Å²) in [5, 5.41) is 3.72. The molecule has 0 aliphatic carbocycles. The number of carbonyl (C=O) groups is 1. The van der Waals surface area contributed by atoms with Gasteiger partial charge < -0.3 is 10.2 Å². The molecule has 1 heterocycles. The van der Waals surface area contributed by atoms with E-state index in [1.807, 2.05) is 42.2 Å². The Morgan fingerprint density at radius 1 is 1.29 bits per heavy atom. The second-order valence-corrected chi connectivity index (χ2v) is 6.73. The van der Waals surface area contributed by atoms with Crippen molar-refractivity contribution in [2.45, 2.75) is 33.9 Å². The molecule has 2 aromatic rings. The highest BCUT2D eigenvalue weighted by Crippen LogP contribution is 2.18. The Hall–Kier alpha value is -2.07. The van der Waals surface area contributed by atoms with Gasteiger partial charge in [0.25, 0.3) is 0 Å². The lowest BCUT2D eigenvalue weighted by Crippen LogP contribution is -2.41. The number of nitrogens with zero attached hydrogens (tertiary/aromatic N) is 2. The van der Waals surface area contributed by atoms with Crippen molar-refractivity contribution in [3.8, 4) is 0 Å². The Morgan fingerprint density at radius 3 is 2.75 bits per heavy atom. The molecule has 0 atom stereocenters. The summed E-state index contributed by atoms with van der Waals surface area (Å²) in [4.78, 5) is 18.6. The quantitative estimate of drug-likeness (QED) is 0.842. The Morgan fingerprint density at radius 2 is 2.08 bits per heavy atom. The molecule has 0 aliphatic rings. The summed E-state index contributed by atoms with van der Waals surface area (Å²) in [5.41, 5.74) is 3.05. The highest BCUT2D eigenvalue weighted by molar-refractivity contribution is 6.31. The molecule has 0 aliphatic heterocycles. The predicted molar refractivity (Wildman–Crippen MR) is 97.9 cm³/mol.